The van der Waals surface area contributed by atoms with Gasteiger partial charge in [-0.1, -0.05) is 19.4 Å². The Kier molecular flexibility index (Phi) is 4.12. The zero-order chi connectivity index (χ0) is 16.6. The van der Waals surface area contributed by atoms with Crippen molar-refractivity contribution in [2.75, 3.05) is 13.2 Å². The van der Waals surface area contributed by atoms with Gasteiger partial charge in [0.05, 0.1) is 17.2 Å². The van der Waals surface area contributed by atoms with Crippen molar-refractivity contribution in [1.82, 2.24) is 9.80 Å². The maximum absolute atomic E-state index is 12.6. The first kappa shape index (κ1) is 15.6. The van der Waals surface area contributed by atoms with Gasteiger partial charge in [-0.05, 0) is 25.3 Å². The molecule has 1 fully saturated rings. The van der Waals surface area contributed by atoms with Gasteiger partial charge in [0.2, 0.25) is 0 Å². The summed E-state index contributed by atoms with van der Waals surface area (Å²) in [6.45, 7) is 3.15. The summed E-state index contributed by atoms with van der Waals surface area (Å²) in [5.41, 5.74) is -0.240. The molecule has 1 aromatic carbocycles. The van der Waals surface area contributed by atoms with Crippen LogP contribution in [0.3, 0.4) is 0 Å². The van der Waals surface area contributed by atoms with Crippen molar-refractivity contribution >= 4 is 17.5 Å². The van der Waals surface area contributed by atoms with Crippen LogP contribution < -0.4 is 0 Å². The number of rotatable bonds is 4. The van der Waals surface area contributed by atoms with E-state index < -0.39 is 16.7 Å². The van der Waals surface area contributed by atoms with Gasteiger partial charge < -0.3 is 0 Å². The largest absolute Gasteiger partial charge is 0.283 e. The lowest BCUT2D eigenvalue weighted by Crippen LogP contribution is -2.47. The van der Waals surface area contributed by atoms with Crippen LogP contribution in [0.2, 0.25) is 0 Å². The van der Waals surface area contributed by atoms with E-state index in [-0.39, 0.29) is 23.5 Å². The molecule has 23 heavy (non-hydrogen) atoms. The molecule has 1 atom stereocenters. The number of hydrogen-bond acceptors (Lipinski definition) is 5. The number of amides is 2. The van der Waals surface area contributed by atoms with Crippen LogP contribution in [0, 0.1) is 10.1 Å². The number of carbonyl (C=O) groups is 2. The molecule has 0 saturated carbocycles. The highest BCUT2D eigenvalue weighted by atomic mass is 16.6. The van der Waals surface area contributed by atoms with E-state index >= 15 is 0 Å². The lowest BCUT2D eigenvalue weighted by Gasteiger charge is -2.36. The fourth-order valence-corrected chi connectivity index (χ4v) is 3.49. The molecule has 2 aliphatic heterocycles. The van der Waals surface area contributed by atoms with Crippen LogP contribution >= 0.6 is 0 Å². The van der Waals surface area contributed by atoms with Gasteiger partial charge in [-0.25, -0.2) is 0 Å². The topological polar surface area (TPSA) is 83.8 Å². The summed E-state index contributed by atoms with van der Waals surface area (Å²) in [6.07, 6.45) is 4.21. The Morgan fingerprint density at radius 1 is 1.26 bits per heavy atom. The number of nitrogens with zero attached hydrogens (tertiary/aromatic N) is 3. The fourth-order valence-electron chi connectivity index (χ4n) is 3.49. The van der Waals surface area contributed by atoms with Crippen LogP contribution in [0.15, 0.2) is 18.2 Å². The van der Waals surface area contributed by atoms with Crippen LogP contribution in [-0.2, 0) is 0 Å². The zero-order valence-corrected chi connectivity index (χ0v) is 13.0. The van der Waals surface area contributed by atoms with Crippen molar-refractivity contribution in [1.29, 1.82) is 0 Å². The standard InChI is InChI=1S/C16H19N3O4/c1-2-11-6-3-4-9-17(11)10-18-15(20)12-7-5-8-13(19(22)23)14(12)16(18)21/h5,7-8,11H,2-4,6,9-10H2,1H3/t11-/m1/s1. The van der Waals surface area contributed by atoms with E-state index in [0.29, 0.717) is 6.04 Å². The molecule has 7 heteroatoms. The third-order valence-electron chi connectivity index (χ3n) is 4.72. The Morgan fingerprint density at radius 3 is 2.74 bits per heavy atom. The lowest BCUT2D eigenvalue weighted by molar-refractivity contribution is -0.385. The fraction of sp³-hybridized carbons (Fsp3) is 0.500. The molecule has 122 valence electrons. The van der Waals surface area contributed by atoms with Gasteiger partial charge in [-0.15, -0.1) is 0 Å². The summed E-state index contributed by atoms with van der Waals surface area (Å²) >= 11 is 0. The molecule has 0 unspecified atom stereocenters. The quantitative estimate of drug-likeness (QED) is 0.484. The Balaban J connectivity index is 1.88. The first-order chi connectivity index (χ1) is 11.0. The molecule has 0 bridgehead atoms. The summed E-state index contributed by atoms with van der Waals surface area (Å²) in [4.78, 5) is 38.9. The Labute approximate surface area is 134 Å². The first-order valence-corrected chi connectivity index (χ1v) is 7.92. The number of nitro groups is 1. The van der Waals surface area contributed by atoms with Crippen molar-refractivity contribution in [2.45, 2.75) is 38.6 Å². The molecule has 0 aromatic heterocycles. The van der Waals surface area contributed by atoms with Crippen LogP contribution in [-0.4, -0.2) is 45.8 Å². The molecule has 2 amide bonds. The second-order valence-corrected chi connectivity index (χ2v) is 6.01. The van der Waals surface area contributed by atoms with Gasteiger partial charge in [0.1, 0.15) is 5.56 Å². The van der Waals surface area contributed by atoms with E-state index in [9.17, 15) is 19.7 Å². The molecule has 0 N–H and O–H groups in total. The van der Waals surface area contributed by atoms with E-state index in [1.165, 1.54) is 18.2 Å². The zero-order valence-electron chi connectivity index (χ0n) is 13.0. The minimum Gasteiger partial charge on any atom is -0.283 e. The number of likely N-dealkylation sites (tertiary alicyclic amines) is 1. The predicted octanol–water partition coefficient (Wildman–Crippen LogP) is 2.41. The molecule has 7 nitrogen and oxygen atoms in total. The lowest BCUT2D eigenvalue weighted by atomic mass is 10.0. The molecule has 3 rings (SSSR count). The summed E-state index contributed by atoms with van der Waals surface area (Å²) in [5.74, 6) is -0.994. The van der Waals surface area contributed by atoms with E-state index in [4.69, 9.17) is 0 Å². The average Bonchev–Trinajstić information content (AvgIpc) is 2.80. The molecule has 2 heterocycles. The molecule has 0 aliphatic carbocycles. The van der Waals surface area contributed by atoms with E-state index in [1.807, 2.05) is 0 Å². The molecular formula is C16H19N3O4. The number of nitro benzene ring substituents is 1. The third kappa shape index (κ3) is 2.61. The van der Waals surface area contributed by atoms with Gasteiger partial charge >= 0.3 is 0 Å². The third-order valence-corrected chi connectivity index (χ3v) is 4.72. The molecular weight excluding hydrogens is 298 g/mol. The highest BCUT2D eigenvalue weighted by molar-refractivity contribution is 6.23. The van der Waals surface area contributed by atoms with Crippen molar-refractivity contribution < 1.29 is 14.5 Å². The molecule has 2 aliphatic rings. The van der Waals surface area contributed by atoms with Gasteiger partial charge in [-0.3, -0.25) is 29.5 Å². The molecule has 1 aromatic rings. The van der Waals surface area contributed by atoms with Crippen LogP contribution in [0.4, 0.5) is 5.69 Å². The van der Waals surface area contributed by atoms with Crippen LogP contribution in [0.5, 0.6) is 0 Å². The summed E-state index contributed by atoms with van der Waals surface area (Å²) in [7, 11) is 0. The summed E-state index contributed by atoms with van der Waals surface area (Å²) < 4.78 is 0. The predicted molar refractivity (Wildman–Crippen MR) is 83.1 cm³/mol. The summed E-state index contributed by atoms with van der Waals surface area (Å²) in [6, 6.07) is 4.55. The Hall–Kier alpha value is -2.28. The highest BCUT2D eigenvalue weighted by Gasteiger charge is 2.42. The maximum Gasteiger partial charge on any atom is 0.282 e. The first-order valence-electron chi connectivity index (χ1n) is 7.92. The SMILES string of the molecule is CC[C@@H]1CCCCN1CN1C(=O)c2cccc([N+](=O)[O-])c2C1=O. The van der Waals surface area contributed by atoms with E-state index in [1.54, 1.807) is 0 Å². The number of imide groups is 1. The average molecular weight is 317 g/mol. The monoisotopic (exact) mass is 317 g/mol. The molecule has 0 spiro atoms. The van der Waals surface area contributed by atoms with Crippen molar-refractivity contribution in [3.8, 4) is 0 Å². The number of piperidine rings is 1. The number of benzene rings is 1. The van der Waals surface area contributed by atoms with Crippen molar-refractivity contribution in [3.63, 3.8) is 0 Å². The smallest absolute Gasteiger partial charge is 0.282 e. The second-order valence-electron chi connectivity index (χ2n) is 6.01. The van der Waals surface area contributed by atoms with Gasteiger partial charge in [-0.2, -0.15) is 0 Å². The Bertz CT molecular complexity index is 673. The minimum absolute atomic E-state index is 0.0763. The second kappa shape index (κ2) is 6.08. The van der Waals surface area contributed by atoms with E-state index in [2.05, 4.69) is 11.8 Å². The van der Waals surface area contributed by atoms with Gasteiger partial charge in [0.15, 0.2) is 0 Å². The Morgan fingerprint density at radius 2 is 2.04 bits per heavy atom. The number of carbonyl (C=O) groups excluding carboxylic acids is 2. The van der Waals surface area contributed by atoms with Crippen LogP contribution in [0.25, 0.3) is 0 Å². The maximum atomic E-state index is 12.6. The molecule has 1 saturated heterocycles. The van der Waals surface area contributed by atoms with Crippen molar-refractivity contribution in [2.24, 2.45) is 0 Å². The number of hydrogen-bond donors (Lipinski definition) is 0. The van der Waals surface area contributed by atoms with Gasteiger partial charge in [0, 0.05) is 18.7 Å². The van der Waals surface area contributed by atoms with Crippen molar-refractivity contribution in [3.05, 3.63) is 39.4 Å². The minimum atomic E-state index is -0.608. The molecule has 0 radical (unpaired) electrons. The van der Waals surface area contributed by atoms with Crippen LogP contribution in [0.1, 0.15) is 53.3 Å². The number of fused-ring (bicyclic) bond motifs is 1. The van der Waals surface area contributed by atoms with E-state index in [0.717, 1.165) is 37.1 Å². The highest BCUT2D eigenvalue weighted by Crippen LogP contribution is 2.31. The van der Waals surface area contributed by atoms with Gasteiger partial charge in [0.25, 0.3) is 17.5 Å². The normalized spacial score (nSPS) is 21.6. The summed E-state index contributed by atoms with van der Waals surface area (Å²) in [5, 5.41) is 11.1.